The number of hydrogen-bond acceptors (Lipinski definition) is 1. The molecule has 2 aromatic rings. The number of rotatable bonds is 1. The summed E-state index contributed by atoms with van der Waals surface area (Å²) in [6, 6.07) is 8.08. The van der Waals surface area contributed by atoms with Crippen molar-refractivity contribution in [3.05, 3.63) is 30.1 Å². The lowest BCUT2D eigenvalue weighted by Crippen LogP contribution is -1.79. The molecule has 1 heterocycles. The monoisotopic (exact) mass is 236 g/mol. The second-order valence-corrected chi connectivity index (χ2v) is 2.55. The first-order valence-corrected chi connectivity index (χ1v) is 6.84. The molecule has 0 fully saturated rings. The summed E-state index contributed by atoms with van der Waals surface area (Å²) < 4.78 is 0. The van der Waals surface area contributed by atoms with Crippen LogP contribution in [0.4, 0.5) is 0 Å². The third-order valence-corrected chi connectivity index (χ3v) is 1.77. The van der Waals surface area contributed by atoms with Crippen LogP contribution >= 0.6 is 0 Å². The van der Waals surface area contributed by atoms with Gasteiger partial charge in [-0.15, -0.1) is 0 Å². The van der Waals surface area contributed by atoms with Crippen molar-refractivity contribution < 1.29 is 0 Å². The summed E-state index contributed by atoms with van der Waals surface area (Å²) in [5, 5.41) is 0. The molecule has 0 spiro atoms. The van der Waals surface area contributed by atoms with Crippen LogP contribution in [0.3, 0.4) is 0 Å². The minimum Gasteiger partial charge on any atom is -0.342 e. The van der Waals surface area contributed by atoms with E-state index in [1.807, 2.05) is 65.8 Å². The lowest BCUT2D eigenvalue weighted by Gasteiger charge is -1.82. The van der Waals surface area contributed by atoms with E-state index in [-0.39, 0.29) is 0 Å². The van der Waals surface area contributed by atoms with E-state index in [1.54, 1.807) is 0 Å². The first-order valence-electron chi connectivity index (χ1n) is 6.84. The summed E-state index contributed by atoms with van der Waals surface area (Å²) in [5.74, 6) is 1.06. The highest BCUT2D eigenvalue weighted by atomic mass is 14.9. The number of nitrogens with one attached hydrogen (secondary N) is 1. The predicted molar refractivity (Wildman–Crippen MR) is 79.5 cm³/mol. The number of fused-ring (bicyclic) bond motifs is 1. The summed E-state index contributed by atoms with van der Waals surface area (Å²) in [5.41, 5.74) is 2.19. The molecule has 0 saturated heterocycles. The maximum atomic E-state index is 4.38. The van der Waals surface area contributed by atoms with E-state index in [9.17, 15) is 0 Å². The Kier molecular flexibility index (Phi) is 13.6. The van der Waals surface area contributed by atoms with Crippen LogP contribution in [0.25, 0.3) is 11.0 Å². The van der Waals surface area contributed by atoms with E-state index in [1.165, 1.54) is 0 Å². The number of benzene rings is 1. The zero-order chi connectivity index (χ0) is 13.7. The van der Waals surface area contributed by atoms with Crippen LogP contribution in [0, 0.1) is 0 Å². The summed E-state index contributed by atoms with van der Waals surface area (Å²) in [7, 11) is 0. The normalized spacial score (nSPS) is 7.94. The number of aromatic amines is 1. The Morgan fingerprint density at radius 1 is 0.941 bits per heavy atom. The number of para-hydroxylation sites is 2. The Balaban J connectivity index is 0. The summed E-state index contributed by atoms with van der Waals surface area (Å²) in [6.45, 7) is 14.1. The van der Waals surface area contributed by atoms with Gasteiger partial charge in [0.05, 0.1) is 11.0 Å². The van der Waals surface area contributed by atoms with Gasteiger partial charge in [-0.1, -0.05) is 60.6 Å². The Bertz CT molecular complexity index is 331. The van der Waals surface area contributed by atoms with Crippen molar-refractivity contribution in [1.82, 2.24) is 9.97 Å². The molecule has 0 bridgehead atoms. The van der Waals surface area contributed by atoms with E-state index < -0.39 is 0 Å². The Morgan fingerprint density at radius 3 is 1.94 bits per heavy atom. The number of hydrogen-bond donors (Lipinski definition) is 1. The Hall–Kier alpha value is -1.31. The molecule has 1 N–H and O–H groups in total. The predicted octanol–water partition coefficient (Wildman–Crippen LogP) is 5.20. The molecule has 0 aliphatic heterocycles. The molecule has 0 saturated carbocycles. The average Bonchev–Trinajstić information content (AvgIpc) is 2.88. The van der Waals surface area contributed by atoms with Gasteiger partial charge in [-0.2, -0.15) is 0 Å². The summed E-state index contributed by atoms with van der Waals surface area (Å²) in [4.78, 5) is 7.61. The van der Waals surface area contributed by atoms with Gasteiger partial charge in [-0.05, 0) is 12.1 Å². The van der Waals surface area contributed by atoms with Gasteiger partial charge < -0.3 is 4.98 Å². The number of aryl methyl sites for hydroxylation is 1. The van der Waals surface area contributed by atoms with Crippen LogP contribution in [-0.4, -0.2) is 9.97 Å². The Morgan fingerprint density at radius 2 is 1.47 bits per heavy atom. The second-order valence-electron chi connectivity index (χ2n) is 2.55. The van der Waals surface area contributed by atoms with Crippen LogP contribution in [0.2, 0.25) is 0 Å². The fourth-order valence-corrected chi connectivity index (χ4v) is 1.17. The minimum atomic E-state index is 0.967. The molecule has 0 radical (unpaired) electrons. The summed E-state index contributed by atoms with van der Waals surface area (Å²) >= 11 is 0. The third kappa shape index (κ3) is 6.10. The molecular weight excluding hydrogens is 208 g/mol. The van der Waals surface area contributed by atoms with Crippen molar-refractivity contribution in [2.75, 3.05) is 0 Å². The van der Waals surface area contributed by atoms with Crippen LogP contribution in [0.15, 0.2) is 24.3 Å². The second kappa shape index (κ2) is 12.8. The molecule has 1 aromatic carbocycles. The van der Waals surface area contributed by atoms with Gasteiger partial charge in [-0.3, -0.25) is 0 Å². The largest absolute Gasteiger partial charge is 0.342 e. The number of aromatic nitrogens is 2. The van der Waals surface area contributed by atoms with Crippen molar-refractivity contribution >= 4 is 11.0 Å². The third-order valence-electron chi connectivity index (χ3n) is 1.77. The zero-order valence-corrected chi connectivity index (χ0v) is 12.5. The highest BCUT2D eigenvalue weighted by Crippen LogP contribution is 2.09. The fourth-order valence-electron chi connectivity index (χ4n) is 1.17. The smallest absolute Gasteiger partial charge is 0.106 e. The van der Waals surface area contributed by atoms with E-state index in [0.717, 1.165) is 23.3 Å². The first kappa shape index (κ1) is 18.1. The van der Waals surface area contributed by atoms with Crippen molar-refractivity contribution in [2.24, 2.45) is 0 Å². The molecular formula is C15H28N2. The quantitative estimate of drug-likeness (QED) is 0.724. The van der Waals surface area contributed by atoms with Gasteiger partial charge in [0.15, 0.2) is 0 Å². The Labute approximate surface area is 106 Å². The average molecular weight is 236 g/mol. The summed E-state index contributed by atoms with van der Waals surface area (Å²) in [6.07, 6.45) is 0.967. The van der Waals surface area contributed by atoms with Gasteiger partial charge in [0.2, 0.25) is 0 Å². The zero-order valence-electron chi connectivity index (χ0n) is 12.5. The van der Waals surface area contributed by atoms with Gasteiger partial charge >= 0.3 is 0 Å². The fraction of sp³-hybridized carbons (Fsp3) is 0.533. The molecule has 0 atom stereocenters. The molecule has 0 unspecified atom stereocenters. The van der Waals surface area contributed by atoms with Crippen molar-refractivity contribution in [3.63, 3.8) is 0 Å². The van der Waals surface area contributed by atoms with Crippen LogP contribution < -0.4 is 0 Å². The maximum Gasteiger partial charge on any atom is 0.106 e. The molecule has 17 heavy (non-hydrogen) atoms. The van der Waals surface area contributed by atoms with Crippen molar-refractivity contribution in [3.8, 4) is 0 Å². The maximum absolute atomic E-state index is 4.38. The number of nitrogens with zero attached hydrogens (tertiary/aromatic N) is 1. The van der Waals surface area contributed by atoms with E-state index in [2.05, 4.69) is 16.9 Å². The van der Waals surface area contributed by atoms with Crippen LogP contribution in [-0.2, 0) is 6.42 Å². The molecule has 98 valence electrons. The molecule has 1 aromatic heterocycles. The van der Waals surface area contributed by atoms with Crippen LogP contribution in [0.5, 0.6) is 0 Å². The highest BCUT2D eigenvalue weighted by molar-refractivity contribution is 5.74. The van der Waals surface area contributed by atoms with Crippen molar-refractivity contribution in [1.29, 1.82) is 0 Å². The molecule has 2 heteroatoms. The van der Waals surface area contributed by atoms with Gasteiger partial charge in [0.1, 0.15) is 5.82 Å². The van der Waals surface area contributed by atoms with Gasteiger partial charge in [0.25, 0.3) is 0 Å². The molecule has 2 nitrogen and oxygen atoms in total. The molecule has 2 rings (SSSR count). The van der Waals surface area contributed by atoms with Gasteiger partial charge in [-0.25, -0.2) is 4.98 Å². The topological polar surface area (TPSA) is 28.7 Å². The van der Waals surface area contributed by atoms with E-state index >= 15 is 0 Å². The minimum absolute atomic E-state index is 0.967. The lowest BCUT2D eigenvalue weighted by molar-refractivity contribution is 1.00. The van der Waals surface area contributed by atoms with E-state index in [0.29, 0.717) is 0 Å². The van der Waals surface area contributed by atoms with Crippen molar-refractivity contribution in [2.45, 2.75) is 54.9 Å². The number of H-pyrrole nitrogens is 1. The number of imidazole rings is 1. The van der Waals surface area contributed by atoms with E-state index in [4.69, 9.17) is 0 Å². The van der Waals surface area contributed by atoms with Gasteiger partial charge in [0, 0.05) is 6.42 Å². The molecule has 0 amide bonds. The first-order chi connectivity index (χ1) is 8.40. The highest BCUT2D eigenvalue weighted by Gasteiger charge is 1.97. The SMILES string of the molecule is CC.CC.CC.CCc1nc2ccccc2[nH]1. The standard InChI is InChI=1S/C9H10N2.3C2H6/c1-2-9-10-7-5-3-4-6-8(7)11-9;3*1-2/h3-6H,2H2,1H3,(H,10,11);3*1-2H3. The van der Waals surface area contributed by atoms with Crippen LogP contribution in [0.1, 0.15) is 54.3 Å². The molecule has 0 aliphatic carbocycles. The molecule has 0 aliphatic rings. The lowest BCUT2D eigenvalue weighted by atomic mass is 10.3.